The zero-order chi connectivity index (χ0) is 29.7. The van der Waals surface area contributed by atoms with Crippen LogP contribution < -0.4 is 19.5 Å². The molecule has 5 aromatic carbocycles. The van der Waals surface area contributed by atoms with Gasteiger partial charge in [-0.1, -0.05) is 65.7 Å². The molecule has 0 aliphatic rings. The minimum Gasteiger partial charge on any atom is -0.496 e. The van der Waals surface area contributed by atoms with Gasteiger partial charge in [0.2, 0.25) is 0 Å². The summed E-state index contributed by atoms with van der Waals surface area (Å²) in [6, 6.07) is 29.0. The molecular weight excluding hydrogens is 595 g/mol. The number of carbonyl (C=O) groups is 1. The standard InChI is InChI=1S/C32H26Cl2N2O5S/c1-40-30-17-10-21-6-2-3-7-25(21)26(30)18-19-35-32(37)27-20-22(33)11-16-29(27)36-42(38,39)24-14-12-23(13-15-24)41-31-9-5-4-8-28(31)34/h2-17,20,36H,18-19H2,1H3,(H,35,37). The number of halogens is 2. The van der Waals surface area contributed by atoms with Crippen molar-refractivity contribution in [1.82, 2.24) is 5.32 Å². The van der Waals surface area contributed by atoms with E-state index in [0.29, 0.717) is 28.0 Å². The van der Waals surface area contributed by atoms with E-state index in [1.54, 1.807) is 31.4 Å². The molecular formula is C32H26Cl2N2O5S. The second-order valence-corrected chi connectivity index (χ2v) is 11.8. The summed E-state index contributed by atoms with van der Waals surface area (Å²) in [6.07, 6.45) is 0.501. The molecule has 0 unspecified atom stereocenters. The lowest BCUT2D eigenvalue weighted by molar-refractivity contribution is 0.0955. The molecule has 0 fully saturated rings. The van der Waals surface area contributed by atoms with Crippen LogP contribution in [0, 0.1) is 0 Å². The van der Waals surface area contributed by atoms with E-state index in [-0.39, 0.29) is 22.7 Å². The third-order valence-electron chi connectivity index (χ3n) is 6.55. The van der Waals surface area contributed by atoms with Gasteiger partial charge in [-0.25, -0.2) is 8.42 Å². The molecule has 7 nitrogen and oxygen atoms in total. The van der Waals surface area contributed by atoms with Crippen molar-refractivity contribution in [3.63, 3.8) is 0 Å². The Bertz CT molecular complexity index is 1860. The molecule has 5 aromatic rings. The predicted molar refractivity (Wildman–Crippen MR) is 167 cm³/mol. The Morgan fingerprint density at radius 1 is 0.833 bits per heavy atom. The molecule has 0 bridgehead atoms. The van der Waals surface area contributed by atoms with Crippen LogP contribution in [-0.2, 0) is 16.4 Å². The Hall–Kier alpha value is -4.24. The van der Waals surface area contributed by atoms with Gasteiger partial charge in [-0.15, -0.1) is 0 Å². The number of hydrogen-bond donors (Lipinski definition) is 2. The summed E-state index contributed by atoms with van der Waals surface area (Å²) in [5.41, 5.74) is 1.15. The third kappa shape index (κ3) is 6.62. The lowest BCUT2D eigenvalue weighted by atomic mass is 10.0. The van der Waals surface area contributed by atoms with Crippen LogP contribution in [0.5, 0.6) is 17.2 Å². The van der Waals surface area contributed by atoms with Crippen molar-refractivity contribution in [2.75, 3.05) is 18.4 Å². The third-order valence-corrected chi connectivity index (χ3v) is 8.48. The van der Waals surface area contributed by atoms with Crippen molar-refractivity contribution >= 4 is 55.6 Å². The number of benzene rings is 5. The molecule has 0 aliphatic heterocycles. The smallest absolute Gasteiger partial charge is 0.261 e. The van der Waals surface area contributed by atoms with Crippen LogP contribution in [0.1, 0.15) is 15.9 Å². The fraction of sp³-hybridized carbons (Fsp3) is 0.0938. The van der Waals surface area contributed by atoms with Crippen molar-refractivity contribution in [2.45, 2.75) is 11.3 Å². The Kier molecular flexibility index (Phi) is 8.87. The number of para-hydroxylation sites is 1. The summed E-state index contributed by atoms with van der Waals surface area (Å²) >= 11 is 12.3. The van der Waals surface area contributed by atoms with Gasteiger partial charge in [0.1, 0.15) is 17.2 Å². The normalized spacial score (nSPS) is 11.2. The van der Waals surface area contributed by atoms with Crippen molar-refractivity contribution in [2.24, 2.45) is 0 Å². The first-order chi connectivity index (χ1) is 20.2. The lowest BCUT2D eigenvalue weighted by Crippen LogP contribution is -2.27. The summed E-state index contributed by atoms with van der Waals surface area (Å²) in [7, 11) is -2.44. The van der Waals surface area contributed by atoms with Gasteiger partial charge < -0.3 is 14.8 Å². The van der Waals surface area contributed by atoms with Crippen LogP contribution >= 0.6 is 23.2 Å². The zero-order valence-electron chi connectivity index (χ0n) is 22.4. The van der Waals surface area contributed by atoms with E-state index in [9.17, 15) is 13.2 Å². The lowest BCUT2D eigenvalue weighted by Gasteiger charge is -2.15. The van der Waals surface area contributed by atoms with E-state index in [2.05, 4.69) is 10.0 Å². The highest BCUT2D eigenvalue weighted by Gasteiger charge is 2.20. The number of nitrogens with one attached hydrogen (secondary N) is 2. The fourth-order valence-electron chi connectivity index (χ4n) is 4.50. The average Bonchev–Trinajstić information content (AvgIpc) is 2.99. The Labute approximate surface area is 254 Å². The van der Waals surface area contributed by atoms with Gasteiger partial charge in [0.05, 0.1) is 28.3 Å². The molecule has 5 rings (SSSR count). The molecule has 0 saturated heterocycles. The zero-order valence-corrected chi connectivity index (χ0v) is 24.8. The number of hydrogen-bond acceptors (Lipinski definition) is 5. The Morgan fingerprint density at radius 2 is 1.57 bits per heavy atom. The van der Waals surface area contributed by atoms with Gasteiger partial charge in [-0.3, -0.25) is 9.52 Å². The highest BCUT2D eigenvalue weighted by Crippen LogP contribution is 2.31. The van der Waals surface area contributed by atoms with E-state index in [4.69, 9.17) is 32.7 Å². The van der Waals surface area contributed by atoms with Gasteiger partial charge in [-0.05, 0) is 77.9 Å². The van der Waals surface area contributed by atoms with Gasteiger partial charge in [0, 0.05) is 17.1 Å². The highest BCUT2D eigenvalue weighted by atomic mass is 35.5. The van der Waals surface area contributed by atoms with Crippen LogP contribution in [0.25, 0.3) is 10.8 Å². The van der Waals surface area contributed by atoms with E-state index in [1.807, 2.05) is 36.4 Å². The minimum atomic E-state index is -4.05. The molecule has 214 valence electrons. The Balaban J connectivity index is 1.30. The largest absolute Gasteiger partial charge is 0.496 e. The van der Waals surface area contributed by atoms with Crippen LogP contribution in [0.4, 0.5) is 5.69 Å². The summed E-state index contributed by atoms with van der Waals surface area (Å²) in [5, 5.41) is 5.70. The molecule has 0 radical (unpaired) electrons. The first-order valence-corrected chi connectivity index (χ1v) is 15.2. The van der Waals surface area contributed by atoms with Crippen LogP contribution in [0.2, 0.25) is 10.0 Å². The maximum absolute atomic E-state index is 13.2. The maximum Gasteiger partial charge on any atom is 0.261 e. The molecule has 2 N–H and O–H groups in total. The molecule has 0 heterocycles. The van der Waals surface area contributed by atoms with Crippen molar-refractivity contribution < 1.29 is 22.7 Å². The second-order valence-electron chi connectivity index (χ2n) is 9.27. The van der Waals surface area contributed by atoms with Crippen LogP contribution in [-0.4, -0.2) is 28.0 Å². The summed E-state index contributed by atoms with van der Waals surface area (Å²) in [6.45, 7) is 0.287. The summed E-state index contributed by atoms with van der Waals surface area (Å²) in [5.74, 6) is 1.11. The molecule has 1 amide bonds. The quantitative estimate of drug-likeness (QED) is 0.167. The molecule has 0 saturated carbocycles. The van der Waals surface area contributed by atoms with Gasteiger partial charge >= 0.3 is 0 Å². The number of amides is 1. The van der Waals surface area contributed by atoms with E-state index in [0.717, 1.165) is 22.1 Å². The molecule has 0 aromatic heterocycles. The van der Waals surface area contributed by atoms with Crippen molar-refractivity contribution in [3.8, 4) is 17.2 Å². The molecule has 0 aliphatic carbocycles. The first-order valence-electron chi connectivity index (χ1n) is 12.9. The number of sulfonamides is 1. The van der Waals surface area contributed by atoms with E-state index < -0.39 is 15.9 Å². The minimum absolute atomic E-state index is 0.0154. The van der Waals surface area contributed by atoms with Crippen LogP contribution in [0.15, 0.2) is 108 Å². The number of carbonyl (C=O) groups excluding carboxylic acids is 1. The molecule has 42 heavy (non-hydrogen) atoms. The van der Waals surface area contributed by atoms with E-state index in [1.165, 1.54) is 42.5 Å². The van der Waals surface area contributed by atoms with Crippen molar-refractivity contribution in [3.05, 3.63) is 124 Å². The molecule has 10 heteroatoms. The van der Waals surface area contributed by atoms with Gasteiger partial charge in [0.25, 0.3) is 15.9 Å². The second kappa shape index (κ2) is 12.7. The number of methoxy groups -OCH3 is 1. The Morgan fingerprint density at radius 3 is 2.33 bits per heavy atom. The van der Waals surface area contributed by atoms with Crippen molar-refractivity contribution in [1.29, 1.82) is 0 Å². The topological polar surface area (TPSA) is 93.7 Å². The summed E-state index contributed by atoms with van der Waals surface area (Å²) in [4.78, 5) is 13.2. The van der Waals surface area contributed by atoms with Gasteiger partial charge in [0.15, 0.2) is 0 Å². The molecule has 0 spiro atoms. The summed E-state index contributed by atoms with van der Waals surface area (Å²) < 4.78 is 40.3. The number of fused-ring (bicyclic) bond motifs is 1. The predicted octanol–water partition coefficient (Wildman–Crippen LogP) is 7.72. The molecule has 0 atom stereocenters. The number of anilines is 1. The SMILES string of the molecule is COc1ccc2ccccc2c1CCNC(=O)c1cc(Cl)ccc1NS(=O)(=O)c1ccc(Oc2ccccc2Cl)cc1. The highest BCUT2D eigenvalue weighted by molar-refractivity contribution is 7.92. The monoisotopic (exact) mass is 620 g/mol. The fourth-order valence-corrected chi connectivity index (χ4v) is 5.93. The number of rotatable bonds is 10. The maximum atomic E-state index is 13.2. The van der Waals surface area contributed by atoms with Crippen LogP contribution in [0.3, 0.4) is 0 Å². The first kappa shape index (κ1) is 29.3. The number of ether oxygens (including phenoxy) is 2. The van der Waals surface area contributed by atoms with Gasteiger partial charge in [-0.2, -0.15) is 0 Å². The van der Waals surface area contributed by atoms with E-state index >= 15 is 0 Å². The average molecular weight is 622 g/mol.